The summed E-state index contributed by atoms with van der Waals surface area (Å²) < 4.78 is 18.8. The molecule has 0 aliphatic heterocycles. The predicted molar refractivity (Wildman–Crippen MR) is 63.6 cm³/mol. The first-order valence-electron chi connectivity index (χ1n) is 4.97. The Morgan fingerprint density at radius 1 is 1.29 bits per heavy atom. The van der Waals surface area contributed by atoms with Crippen molar-refractivity contribution in [2.45, 2.75) is 6.54 Å². The molecule has 3 nitrogen and oxygen atoms in total. The Morgan fingerprint density at radius 2 is 2.12 bits per heavy atom. The summed E-state index contributed by atoms with van der Waals surface area (Å²) in [5.41, 5.74) is 5.81. The van der Waals surface area contributed by atoms with Crippen molar-refractivity contribution in [2.24, 2.45) is 5.73 Å². The Bertz CT molecular complexity index is 516. The number of aromatic nitrogens is 1. The molecule has 1 heterocycles. The van der Waals surface area contributed by atoms with Crippen LogP contribution in [-0.2, 0) is 6.54 Å². The molecular formula is C12H10ClFN2O. The number of nitrogens with two attached hydrogens (primary N) is 1. The maximum Gasteiger partial charge on any atom is 0.219 e. The number of benzene rings is 1. The highest BCUT2D eigenvalue weighted by atomic mass is 35.5. The van der Waals surface area contributed by atoms with E-state index in [1.165, 1.54) is 12.3 Å². The maximum atomic E-state index is 13.4. The minimum atomic E-state index is -0.390. The van der Waals surface area contributed by atoms with Crippen molar-refractivity contribution in [2.75, 3.05) is 0 Å². The first kappa shape index (κ1) is 11.8. The molecule has 0 saturated heterocycles. The lowest BCUT2D eigenvalue weighted by Crippen LogP contribution is -1.99. The number of nitrogens with zero attached hydrogens (tertiary/aromatic N) is 1. The van der Waals surface area contributed by atoms with Crippen LogP contribution in [0.15, 0.2) is 36.5 Å². The largest absolute Gasteiger partial charge is 0.439 e. The molecule has 0 spiro atoms. The Kier molecular flexibility index (Phi) is 3.56. The van der Waals surface area contributed by atoms with Crippen LogP contribution in [0.3, 0.4) is 0 Å². The third kappa shape index (κ3) is 2.93. The number of hydrogen-bond acceptors (Lipinski definition) is 3. The second kappa shape index (κ2) is 5.12. The van der Waals surface area contributed by atoms with Gasteiger partial charge in [-0.3, -0.25) is 0 Å². The van der Waals surface area contributed by atoms with Crippen LogP contribution >= 0.6 is 11.6 Å². The van der Waals surface area contributed by atoms with Crippen LogP contribution < -0.4 is 10.5 Å². The molecule has 0 aliphatic carbocycles. The van der Waals surface area contributed by atoms with Crippen molar-refractivity contribution >= 4 is 11.6 Å². The van der Waals surface area contributed by atoms with Crippen LogP contribution in [0.25, 0.3) is 0 Å². The van der Waals surface area contributed by atoms with Crippen LogP contribution in [0.1, 0.15) is 5.56 Å². The molecule has 1 aromatic heterocycles. The van der Waals surface area contributed by atoms with E-state index in [1.807, 2.05) is 0 Å². The van der Waals surface area contributed by atoms with Crippen molar-refractivity contribution in [3.05, 3.63) is 52.9 Å². The molecule has 0 bridgehead atoms. The summed E-state index contributed by atoms with van der Waals surface area (Å²) in [6.45, 7) is 0.158. The van der Waals surface area contributed by atoms with E-state index in [0.29, 0.717) is 22.2 Å². The van der Waals surface area contributed by atoms with E-state index in [9.17, 15) is 4.39 Å². The molecule has 17 heavy (non-hydrogen) atoms. The summed E-state index contributed by atoms with van der Waals surface area (Å²) in [6.07, 6.45) is 1.46. The van der Waals surface area contributed by atoms with Crippen LogP contribution in [0, 0.1) is 5.82 Å². The number of halogens is 2. The average molecular weight is 253 g/mol. The van der Waals surface area contributed by atoms with Gasteiger partial charge in [-0.1, -0.05) is 17.7 Å². The highest BCUT2D eigenvalue weighted by Gasteiger charge is 2.04. The molecular weight excluding hydrogens is 243 g/mol. The molecule has 2 aromatic rings. The first-order valence-corrected chi connectivity index (χ1v) is 5.35. The number of hydrogen-bond donors (Lipinski definition) is 1. The van der Waals surface area contributed by atoms with E-state index in [4.69, 9.17) is 22.1 Å². The Hall–Kier alpha value is -1.65. The lowest BCUT2D eigenvalue weighted by Gasteiger charge is -2.06. The molecule has 0 aliphatic rings. The zero-order chi connectivity index (χ0) is 12.3. The molecule has 2 N–H and O–H groups in total. The average Bonchev–Trinajstić information content (AvgIpc) is 2.32. The van der Waals surface area contributed by atoms with E-state index >= 15 is 0 Å². The van der Waals surface area contributed by atoms with Crippen LogP contribution in [-0.4, -0.2) is 4.98 Å². The van der Waals surface area contributed by atoms with Crippen LogP contribution in [0.5, 0.6) is 11.6 Å². The number of rotatable bonds is 3. The second-order valence-corrected chi connectivity index (χ2v) is 3.81. The van der Waals surface area contributed by atoms with Gasteiger partial charge in [0.1, 0.15) is 11.6 Å². The lowest BCUT2D eigenvalue weighted by atomic mass is 10.2. The molecule has 88 valence electrons. The van der Waals surface area contributed by atoms with Gasteiger partial charge in [0, 0.05) is 30.4 Å². The first-order chi connectivity index (χ1) is 8.19. The van der Waals surface area contributed by atoms with Gasteiger partial charge in [0.2, 0.25) is 5.88 Å². The molecule has 1 aromatic carbocycles. The summed E-state index contributed by atoms with van der Waals surface area (Å²) in [6, 6.07) is 7.76. The third-order valence-corrected chi connectivity index (χ3v) is 2.39. The molecule has 0 saturated carbocycles. The fourth-order valence-electron chi connectivity index (χ4n) is 1.30. The molecule has 0 radical (unpaired) electrons. The van der Waals surface area contributed by atoms with Gasteiger partial charge < -0.3 is 10.5 Å². The van der Waals surface area contributed by atoms with Gasteiger partial charge in [-0.05, 0) is 12.1 Å². The topological polar surface area (TPSA) is 48.1 Å². The molecule has 2 rings (SSSR count). The lowest BCUT2D eigenvalue weighted by molar-refractivity contribution is 0.457. The highest BCUT2D eigenvalue weighted by molar-refractivity contribution is 6.30. The van der Waals surface area contributed by atoms with E-state index in [2.05, 4.69) is 4.98 Å². The fraction of sp³-hybridized carbons (Fsp3) is 0.0833. The van der Waals surface area contributed by atoms with Crippen molar-refractivity contribution in [3.63, 3.8) is 0 Å². The number of pyridine rings is 1. The van der Waals surface area contributed by atoms with Crippen LogP contribution in [0.4, 0.5) is 4.39 Å². The summed E-state index contributed by atoms with van der Waals surface area (Å²) in [5, 5.41) is 0.516. The zero-order valence-corrected chi connectivity index (χ0v) is 9.62. The zero-order valence-electron chi connectivity index (χ0n) is 8.86. The molecule has 5 heteroatoms. The van der Waals surface area contributed by atoms with Gasteiger partial charge in [0.05, 0.1) is 5.02 Å². The van der Waals surface area contributed by atoms with Gasteiger partial charge in [0.15, 0.2) is 0 Å². The van der Waals surface area contributed by atoms with Gasteiger partial charge in [-0.2, -0.15) is 0 Å². The normalized spacial score (nSPS) is 10.3. The second-order valence-electron chi connectivity index (χ2n) is 3.37. The molecule has 0 atom stereocenters. The summed E-state index contributed by atoms with van der Waals surface area (Å²) in [4.78, 5) is 3.94. The summed E-state index contributed by atoms with van der Waals surface area (Å²) >= 11 is 5.69. The van der Waals surface area contributed by atoms with E-state index in [0.717, 1.165) is 0 Å². The molecule has 0 unspecified atom stereocenters. The summed E-state index contributed by atoms with van der Waals surface area (Å²) in [5.74, 6) is 0.336. The van der Waals surface area contributed by atoms with Crippen molar-refractivity contribution in [1.29, 1.82) is 0 Å². The smallest absolute Gasteiger partial charge is 0.219 e. The molecule has 0 amide bonds. The van der Waals surface area contributed by atoms with Crippen molar-refractivity contribution in [3.8, 4) is 11.6 Å². The van der Waals surface area contributed by atoms with Crippen molar-refractivity contribution < 1.29 is 9.13 Å². The minimum absolute atomic E-state index is 0.158. The number of ether oxygens (including phenoxy) is 1. The predicted octanol–water partition coefficient (Wildman–Crippen LogP) is 3.13. The summed E-state index contributed by atoms with van der Waals surface area (Å²) in [7, 11) is 0. The third-order valence-electron chi connectivity index (χ3n) is 2.17. The van der Waals surface area contributed by atoms with E-state index in [1.54, 1.807) is 24.3 Å². The van der Waals surface area contributed by atoms with Gasteiger partial charge in [-0.25, -0.2) is 9.37 Å². The minimum Gasteiger partial charge on any atom is -0.439 e. The SMILES string of the molecule is NCc1ccc(Oc2ccc(Cl)cn2)cc1F. The monoisotopic (exact) mass is 252 g/mol. The maximum absolute atomic E-state index is 13.4. The Morgan fingerprint density at radius 3 is 2.71 bits per heavy atom. The van der Waals surface area contributed by atoms with Crippen LogP contribution in [0.2, 0.25) is 5.02 Å². The Balaban J connectivity index is 2.19. The van der Waals surface area contributed by atoms with E-state index in [-0.39, 0.29) is 12.4 Å². The Labute approximate surface area is 103 Å². The van der Waals surface area contributed by atoms with Gasteiger partial charge in [0.25, 0.3) is 0 Å². The van der Waals surface area contributed by atoms with Crippen molar-refractivity contribution in [1.82, 2.24) is 4.98 Å². The quantitative estimate of drug-likeness (QED) is 0.913. The highest BCUT2D eigenvalue weighted by Crippen LogP contribution is 2.22. The van der Waals surface area contributed by atoms with E-state index < -0.39 is 0 Å². The standard InChI is InChI=1S/C12H10ClFN2O/c13-9-2-4-12(16-7-9)17-10-3-1-8(6-15)11(14)5-10/h1-5,7H,6,15H2. The molecule has 0 fully saturated rings. The fourth-order valence-corrected chi connectivity index (χ4v) is 1.41. The van der Waals surface area contributed by atoms with Gasteiger partial charge in [-0.15, -0.1) is 0 Å². The van der Waals surface area contributed by atoms with Gasteiger partial charge >= 0.3 is 0 Å².